The number of carbonyl (C=O) groups excluding carboxylic acids is 1. The van der Waals surface area contributed by atoms with Crippen LogP contribution >= 0.6 is 0 Å². The van der Waals surface area contributed by atoms with Crippen LogP contribution in [0.3, 0.4) is 0 Å². The van der Waals surface area contributed by atoms with Gasteiger partial charge in [0.2, 0.25) is 0 Å². The van der Waals surface area contributed by atoms with E-state index in [1.54, 1.807) is 0 Å². The average molecular weight is 397 g/mol. The Bertz CT molecular complexity index is 748. The SMILES string of the molecule is O=C1O[C@@](CO)(COCc2ccccc2)C/C1=C\CC12CC3CC(CC(C3)C1)C2. The molecule has 5 aliphatic rings. The van der Waals surface area contributed by atoms with Crippen LogP contribution in [0, 0.1) is 23.2 Å². The van der Waals surface area contributed by atoms with E-state index in [9.17, 15) is 9.90 Å². The van der Waals surface area contributed by atoms with E-state index in [1.807, 2.05) is 30.3 Å². The van der Waals surface area contributed by atoms with Crippen molar-refractivity contribution < 1.29 is 19.4 Å². The molecule has 0 radical (unpaired) electrons. The van der Waals surface area contributed by atoms with Crippen molar-refractivity contribution in [3.05, 3.63) is 47.5 Å². The van der Waals surface area contributed by atoms with Gasteiger partial charge in [0.25, 0.3) is 0 Å². The van der Waals surface area contributed by atoms with E-state index in [4.69, 9.17) is 9.47 Å². The zero-order valence-electron chi connectivity index (χ0n) is 17.1. The molecule has 5 fully saturated rings. The Hall–Kier alpha value is -1.65. The number of carbonyl (C=O) groups is 1. The van der Waals surface area contributed by atoms with Gasteiger partial charge in [0.15, 0.2) is 5.60 Å². The molecule has 1 atom stereocenters. The van der Waals surface area contributed by atoms with Crippen LogP contribution in [0.15, 0.2) is 42.0 Å². The smallest absolute Gasteiger partial charge is 0.334 e. The zero-order chi connectivity index (χ0) is 19.9. The Labute approximate surface area is 173 Å². The van der Waals surface area contributed by atoms with Crippen molar-refractivity contribution in [3.8, 4) is 0 Å². The van der Waals surface area contributed by atoms with Gasteiger partial charge in [-0.05, 0) is 73.7 Å². The summed E-state index contributed by atoms with van der Waals surface area (Å²) in [6, 6.07) is 9.92. The van der Waals surface area contributed by atoms with E-state index < -0.39 is 5.60 Å². The van der Waals surface area contributed by atoms with Crippen LogP contribution < -0.4 is 0 Å². The number of rotatable bonds is 7. The minimum absolute atomic E-state index is 0.206. The summed E-state index contributed by atoms with van der Waals surface area (Å²) in [6.45, 7) is 0.466. The van der Waals surface area contributed by atoms with Gasteiger partial charge in [-0.1, -0.05) is 36.4 Å². The topological polar surface area (TPSA) is 55.8 Å². The number of benzene rings is 1. The van der Waals surface area contributed by atoms with Crippen LogP contribution in [0.25, 0.3) is 0 Å². The summed E-state index contributed by atoms with van der Waals surface area (Å²) in [5, 5.41) is 9.96. The molecule has 0 aromatic heterocycles. The van der Waals surface area contributed by atoms with Gasteiger partial charge in [0.05, 0.1) is 19.8 Å². The lowest BCUT2D eigenvalue weighted by molar-refractivity contribution is -0.157. The second-order valence-corrected chi connectivity index (χ2v) is 10.2. The van der Waals surface area contributed by atoms with Crippen LogP contribution in [0.1, 0.15) is 56.9 Å². The molecule has 4 aliphatic carbocycles. The summed E-state index contributed by atoms with van der Waals surface area (Å²) in [5.41, 5.74) is 1.29. The van der Waals surface area contributed by atoms with Crippen LogP contribution in [-0.4, -0.2) is 29.9 Å². The van der Waals surface area contributed by atoms with Crippen molar-refractivity contribution in [3.63, 3.8) is 0 Å². The highest BCUT2D eigenvalue weighted by atomic mass is 16.6. The second kappa shape index (κ2) is 7.55. The monoisotopic (exact) mass is 396 g/mol. The van der Waals surface area contributed by atoms with Crippen molar-refractivity contribution in [1.29, 1.82) is 0 Å². The highest BCUT2D eigenvalue weighted by Crippen LogP contribution is 2.61. The second-order valence-electron chi connectivity index (χ2n) is 10.2. The molecule has 1 aliphatic heterocycles. The molecule has 6 rings (SSSR count). The first-order valence-electron chi connectivity index (χ1n) is 11.2. The molecular weight excluding hydrogens is 364 g/mol. The molecule has 4 saturated carbocycles. The normalized spacial score (nSPS) is 39.3. The summed E-state index contributed by atoms with van der Waals surface area (Å²) in [5.74, 6) is 2.47. The third kappa shape index (κ3) is 3.89. The van der Waals surface area contributed by atoms with Crippen molar-refractivity contribution in [2.45, 2.75) is 63.6 Å². The Morgan fingerprint density at radius 1 is 1.07 bits per heavy atom. The zero-order valence-corrected chi connectivity index (χ0v) is 17.1. The maximum Gasteiger partial charge on any atom is 0.334 e. The molecule has 4 heteroatoms. The lowest BCUT2D eigenvalue weighted by Gasteiger charge is -2.56. The van der Waals surface area contributed by atoms with Gasteiger partial charge in [0.1, 0.15) is 0 Å². The fourth-order valence-corrected chi connectivity index (χ4v) is 6.90. The number of hydrogen-bond donors (Lipinski definition) is 1. The largest absolute Gasteiger partial charge is 0.450 e. The quantitative estimate of drug-likeness (QED) is 0.548. The predicted octanol–water partition coefficient (Wildman–Crippen LogP) is 4.41. The lowest BCUT2D eigenvalue weighted by Crippen LogP contribution is -2.45. The van der Waals surface area contributed by atoms with Gasteiger partial charge in [0, 0.05) is 12.0 Å². The molecule has 156 valence electrons. The van der Waals surface area contributed by atoms with Crippen molar-refractivity contribution >= 4 is 5.97 Å². The van der Waals surface area contributed by atoms with Gasteiger partial charge in [-0.15, -0.1) is 0 Å². The molecule has 0 spiro atoms. The molecule has 1 aromatic rings. The Morgan fingerprint density at radius 2 is 1.72 bits per heavy atom. The summed E-state index contributed by atoms with van der Waals surface area (Å²) >= 11 is 0. The number of allylic oxidation sites excluding steroid dienone is 1. The van der Waals surface area contributed by atoms with Crippen LogP contribution in [0.2, 0.25) is 0 Å². The molecular formula is C25H32O4. The van der Waals surface area contributed by atoms with E-state index in [0.29, 0.717) is 18.4 Å². The molecule has 29 heavy (non-hydrogen) atoms. The molecule has 1 saturated heterocycles. The molecule has 1 N–H and O–H groups in total. The highest BCUT2D eigenvalue weighted by Gasteiger charge is 2.50. The first kappa shape index (κ1) is 19.3. The van der Waals surface area contributed by atoms with Gasteiger partial charge in [-0.2, -0.15) is 0 Å². The van der Waals surface area contributed by atoms with Crippen LogP contribution in [-0.2, 0) is 20.9 Å². The number of cyclic esters (lactones) is 1. The number of aliphatic hydroxyl groups is 1. The fraction of sp³-hybridized carbons (Fsp3) is 0.640. The van der Waals surface area contributed by atoms with E-state index >= 15 is 0 Å². The fourth-order valence-electron chi connectivity index (χ4n) is 6.90. The maximum atomic E-state index is 12.5. The van der Waals surface area contributed by atoms with E-state index in [1.165, 1.54) is 38.5 Å². The van der Waals surface area contributed by atoms with Crippen molar-refractivity contribution in [2.75, 3.05) is 13.2 Å². The maximum absolute atomic E-state index is 12.5. The number of aliphatic hydroxyl groups excluding tert-OH is 1. The molecule has 4 bridgehead atoms. The summed E-state index contributed by atoms with van der Waals surface area (Å²) in [4.78, 5) is 12.5. The van der Waals surface area contributed by atoms with E-state index in [0.717, 1.165) is 35.3 Å². The molecule has 4 nitrogen and oxygen atoms in total. The summed E-state index contributed by atoms with van der Waals surface area (Å²) in [7, 11) is 0. The average Bonchev–Trinajstić information content (AvgIpc) is 3.02. The lowest BCUT2D eigenvalue weighted by atomic mass is 9.49. The number of esters is 1. The van der Waals surface area contributed by atoms with Crippen molar-refractivity contribution in [2.24, 2.45) is 23.2 Å². The minimum atomic E-state index is -0.931. The van der Waals surface area contributed by atoms with Gasteiger partial charge in [-0.3, -0.25) is 0 Å². The predicted molar refractivity (Wildman–Crippen MR) is 110 cm³/mol. The van der Waals surface area contributed by atoms with Crippen LogP contribution in [0.4, 0.5) is 0 Å². The van der Waals surface area contributed by atoms with Gasteiger partial charge < -0.3 is 14.6 Å². The first-order chi connectivity index (χ1) is 14.1. The Kier molecular flexibility index (Phi) is 5.03. The molecule has 1 aromatic carbocycles. The summed E-state index contributed by atoms with van der Waals surface area (Å²) < 4.78 is 11.4. The summed E-state index contributed by atoms with van der Waals surface area (Å²) in [6.07, 6.45) is 11.9. The van der Waals surface area contributed by atoms with Crippen molar-refractivity contribution in [1.82, 2.24) is 0 Å². The number of ether oxygens (including phenoxy) is 2. The Morgan fingerprint density at radius 3 is 2.34 bits per heavy atom. The third-order valence-corrected chi connectivity index (χ3v) is 7.80. The molecule has 1 heterocycles. The minimum Gasteiger partial charge on any atom is -0.450 e. The first-order valence-corrected chi connectivity index (χ1v) is 11.2. The Balaban J connectivity index is 1.22. The highest BCUT2D eigenvalue weighted by molar-refractivity contribution is 5.91. The number of hydrogen-bond acceptors (Lipinski definition) is 4. The van der Waals surface area contributed by atoms with E-state index in [-0.39, 0.29) is 19.2 Å². The third-order valence-electron chi connectivity index (χ3n) is 7.80. The van der Waals surface area contributed by atoms with Crippen LogP contribution in [0.5, 0.6) is 0 Å². The van der Waals surface area contributed by atoms with Gasteiger partial charge >= 0.3 is 5.97 Å². The molecule has 0 amide bonds. The standard InChI is InChI=1S/C25H32O4/c26-16-25(17-28-15-18-4-2-1-3-5-18)14-22(23(27)29-25)6-7-24-11-19-8-20(12-24)10-21(9-19)13-24/h1-6,19-21,26H,7-17H2/b22-6+/t19?,20?,21?,24?,25-/m0/s1. The van der Waals surface area contributed by atoms with E-state index in [2.05, 4.69) is 6.08 Å². The molecule has 0 unspecified atom stereocenters. The van der Waals surface area contributed by atoms with Gasteiger partial charge in [-0.25, -0.2) is 4.79 Å².